The Morgan fingerprint density at radius 2 is 1.14 bits per heavy atom. The molecule has 3 aromatic carbocycles. The number of benzene rings is 3. The number of primary amides is 1. The number of amides is 15. The second kappa shape index (κ2) is 49.6. The molecular formula is C91H123N19O24S. The van der Waals surface area contributed by atoms with Gasteiger partial charge in [-0.15, -0.1) is 11.8 Å². The third-order valence-corrected chi connectivity index (χ3v) is 25.3. The zero-order valence-corrected chi connectivity index (χ0v) is 77.2. The Hall–Kier alpha value is -13.3. The van der Waals surface area contributed by atoms with E-state index in [2.05, 4.69) is 69.4 Å². The maximum Gasteiger partial charge on any atom is 0.323 e. The summed E-state index contributed by atoms with van der Waals surface area (Å²) in [6.45, 7) is 7.06. The lowest BCUT2D eigenvalue weighted by Gasteiger charge is -2.36. The standard InChI is InChI=1S/C91H123N19O24S/c1-9-11-21-71-84(127)97-61(30-25-49(3)112)80(123)104-69(51(5)113)46-135-47-76(117)96-65(34-52-26-28-56(114)29-27-52)87(130)105(6)50(4)79(122)101-67(39-77(118)119)90(133)109-33-17-24-72(109)85(128)100-64(37-55-41-93-48-95-55)82(125)98-62(31-32-75(92)116)89(132)110-43-57(115)38-74(110)86(129)99-63(35-53-40-94-60-20-15-13-18-58(53)60)81(124)103-68(45-111)83(126)102-66(88(131)107(8)73(22-12-10-2)91(134)106(71)7)36-54-42-108(44-78(120)121)70-23-16-14-19-59(54)70/h13-16,18-20,23,26-29,40-42,48,50,57,61-69,71-74,77,94,111-112,114-115,118-119H,3,9-12,17,21-22,24-25,30-39,43-47H2,1-2,4-8H3,(H2,92,116)(H,93,95)(H,96,117)(H,97,127)(H,98,125)(H,99,129)(H,100,128)(H,101,122)(H,102,126)(H,103,124)(H,104,123)(H,120,121)/t50-,57+,61-,62-,63-,64-,65-,66-,67-,68-,69-,71-,72-,73-,74-/m0/s1. The maximum absolute atomic E-state index is 15.8. The van der Waals surface area contributed by atoms with Crippen molar-refractivity contribution in [2.24, 2.45) is 5.73 Å². The maximum atomic E-state index is 15.8. The van der Waals surface area contributed by atoms with Crippen LogP contribution in [-0.2, 0) is 114 Å². The number of fused-ring (bicyclic) bond motifs is 4. The second-order valence-corrected chi connectivity index (χ2v) is 35.3. The van der Waals surface area contributed by atoms with Crippen LogP contribution in [0.15, 0.2) is 110 Å². The van der Waals surface area contributed by atoms with E-state index in [1.165, 1.54) is 75.6 Å². The number of H-pyrrole nitrogens is 2. The van der Waals surface area contributed by atoms with Crippen molar-refractivity contribution < 1.29 is 117 Å². The summed E-state index contributed by atoms with van der Waals surface area (Å²) in [5.74, 6) is -18.1. The van der Waals surface area contributed by atoms with Crippen molar-refractivity contribution in [3.8, 4) is 5.75 Å². The Kier molecular flexibility index (Phi) is 38.7. The average Bonchev–Trinajstić information content (AvgIpc) is 1.32. The minimum absolute atomic E-state index is 0.0374. The van der Waals surface area contributed by atoms with E-state index in [1.54, 1.807) is 54.7 Å². The molecule has 0 unspecified atom stereocenters. The van der Waals surface area contributed by atoms with Crippen molar-refractivity contribution >= 4 is 134 Å². The highest BCUT2D eigenvalue weighted by Crippen LogP contribution is 2.29. The SMILES string of the molecule is C=C(O)CC[C@@H]1NC(=O)[C@H](CCCC)N(C)C(=O)[C@H](CCCC)N(C)C(=O)[C@H](Cc2cn(CC(=O)O)c3ccccc23)NC(=O)[C@H](CO)NC(=O)[C@H](Cc2c[nH]c3ccccc23)NC(=O)[C@@H]2C[C@@H](O)CN2C(=O)[C@H](CCC(N)=O)NC(=O)[C@H](Cc2cnc[nH]2)NC(=O)[C@@H]2CCCN2C(=O)[C@H](CC(O)O)NC(=O)[C@H](C)N(C)C(=O)[C@H](Cc2ccc(O)cc2)NC(=O)CSC[C@@H](C(C)=O)NC1=O. The smallest absolute Gasteiger partial charge is 0.323 e. The number of nitrogens with one attached hydrogen (secondary N) is 11. The Morgan fingerprint density at radius 1 is 0.578 bits per heavy atom. The number of allylic oxidation sites excluding steroid dienone is 1. The summed E-state index contributed by atoms with van der Waals surface area (Å²) in [6.07, 6.45) is -1.31. The molecule has 20 N–H and O–H groups in total. The summed E-state index contributed by atoms with van der Waals surface area (Å²) in [5.41, 5.74) is 7.98. The van der Waals surface area contributed by atoms with Crippen LogP contribution in [0.5, 0.6) is 5.75 Å². The number of aromatic nitrogens is 4. The highest BCUT2D eigenvalue weighted by molar-refractivity contribution is 8.00. The van der Waals surface area contributed by atoms with E-state index in [1.807, 2.05) is 13.8 Å². The lowest BCUT2D eigenvalue weighted by molar-refractivity contribution is -0.149. The van der Waals surface area contributed by atoms with Crippen LogP contribution in [0.1, 0.15) is 140 Å². The first-order chi connectivity index (χ1) is 64.2. The van der Waals surface area contributed by atoms with Crippen LogP contribution in [0, 0.1) is 0 Å². The average molecular weight is 1900 g/mol. The number of aromatic hydroxyl groups is 1. The molecule has 9 rings (SSSR count). The number of Topliss-reactive ketones (excluding diaryl/α,β-unsaturated/α-hetero) is 1. The number of hydrogen-bond donors (Lipinski definition) is 19. The number of carboxylic acids is 1. The number of likely N-dealkylation sites (N-methyl/N-ethyl adjacent to an activating group) is 3. The lowest BCUT2D eigenvalue weighted by Crippen LogP contribution is -2.61. The summed E-state index contributed by atoms with van der Waals surface area (Å²) >= 11 is 0.837. The van der Waals surface area contributed by atoms with E-state index in [0.717, 1.165) is 43.2 Å². The number of phenolic OH excluding ortho intramolecular Hbond substituents is 1. The van der Waals surface area contributed by atoms with Crippen molar-refractivity contribution in [1.29, 1.82) is 0 Å². The normalized spacial score (nSPS) is 24.8. The Balaban J connectivity index is 1.11. The number of carbonyl (C=O) groups is 17. The van der Waals surface area contributed by atoms with Crippen molar-refractivity contribution in [3.63, 3.8) is 0 Å². The van der Waals surface area contributed by atoms with Crippen molar-refractivity contribution in [2.75, 3.05) is 52.3 Å². The van der Waals surface area contributed by atoms with Crippen LogP contribution < -0.4 is 53.6 Å². The number of imidazole rings is 1. The minimum Gasteiger partial charge on any atom is -0.513 e. The number of ketones is 1. The quantitative estimate of drug-likeness (QED) is 0.0211. The van der Waals surface area contributed by atoms with Crippen molar-refractivity contribution in [1.82, 2.24) is 91.9 Å². The van der Waals surface area contributed by atoms with Gasteiger partial charge in [0.1, 0.15) is 90.8 Å². The van der Waals surface area contributed by atoms with Crippen LogP contribution in [0.25, 0.3) is 21.8 Å². The van der Waals surface area contributed by atoms with Gasteiger partial charge in [-0.25, -0.2) is 4.98 Å². The number of aliphatic hydroxyl groups is 5. The molecule has 135 heavy (non-hydrogen) atoms. The molecule has 0 saturated carbocycles. The number of nitrogens with two attached hydrogens (primary N) is 1. The molecule has 3 aliphatic heterocycles. The molecule has 732 valence electrons. The number of rotatable bonds is 26. The van der Waals surface area contributed by atoms with E-state index < -0.39 is 267 Å². The molecule has 3 aliphatic rings. The van der Waals surface area contributed by atoms with E-state index in [-0.39, 0.29) is 81.5 Å². The van der Waals surface area contributed by atoms with Crippen molar-refractivity contribution in [3.05, 3.63) is 132 Å². The number of para-hydroxylation sites is 2. The molecule has 3 saturated heterocycles. The minimum atomic E-state index is -2.28. The topological polar surface area (TPSA) is 632 Å². The fourth-order valence-corrected chi connectivity index (χ4v) is 17.6. The first-order valence-corrected chi connectivity index (χ1v) is 46.0. The molecule has 3 aromatic heterocycles. The number of aliphatic hydroxyl groups excluding tert-OH is 4. The van der Waals surface area contributed by atoms with Gasteiger partial charge >= 0.3 is 5.97 Å². The summed E-state index contributed by atoms with van der Waals surface area (Å²) in [5, 5.41) is 98.8. The largest absolute Gasteiger partial charge is 0.513 e. The molecule has 6 heterocycles. The zero-order chi connectivity index (χ0) is 98.8. The first-order valence-electron chi connectivity index (χ1n) is 44.8. The third kappa shape index (κ3) is 28.9. The Labute approximate surface area is 782 Å². The molecule has 15 amide bonds. The number of carboxylic acid groups (broad SMARTS) is 1. The number of unbranched alkanes of at least 4 members (excludes halogenated alkanes) is 2. The van der Waals surface area contributed by atoms with Gasteiger partial charge in [0.15, 0.2) is 12.1 Å². The van der Waals surface area contributed by atoms with Crippen LogP contribution in [0.2, 0.25) is 0 Å². The van der Waals surface area contributed by atoms with Gasteiger partial charge in [-0.2, -0.15) is 0 Å². The predicted molar refractivity (Wildman–Crippen MR) is 489 cm³/mol. The monoisotopic (exact) mass is 1900 g/mol. The molecule has 0 spiro atoms. The van der Waals surface area contributed by atoms with Gasteiger partial charge in [0.25, 0.3) is 0 Å². The molecule has 0 radical (unpaired) electrons. The number of aliphatic carboxylic acids is 1. The zero-order valence-electron chi connectivity index (χ0n) is 76.3. The van der Waals surface area contributed by atoms with Crippen LogP contribution in [0.4, 0.5) is 0 Å². The molecule has 44 heteroatoms. The number of nitrogens with zero attached hydrogens (tertiary/aromatic N) is 7. The second-order valence-electron chi connectivity index (χ2n) is 34.3. The fourth-order valence-electron chi connectivity index (χ4n) is 16.7. The van der Waals surface area contributed by atoms with Gasteiger partial charge in [-0.05, 0) is 93.3 Å². The van der Waals surface area contributed by atoms with Gasteiger partial charge in [0.05, 0.1) is 36.6 Å². The molecule has 15 atom stereocenters. The molecule has 6 aromatic rings. The summed E-state index contributed by atoms with van der Waals surface area (Å²) in [4.78, 5) is 264. The Morgan fingerprint density at radius 3 is 1.78 bits per heavy atom. The van der Waals surface area contributed by atoms with Gasteiger partial charge in [0, 0.05) is 137 Å². The van der Waals surface area contributed by atoms with Crippen LogP contribution in [-0.4, -0.2) is 329 Å². The highest BCUT2D eigenvalue weighted by atomic mass is 32.2. The Bertz CT molecular complexity index is 5260. The summed E-state index contributed by atoms with van der Waals surface area (Å²) in [7, 11) is 3.80. The summed E-state index contributed by atoms with van der Waals surface area (Å²) < 4.78 is 1.40. The molecule has 0 aliphatic carbocycles. The number of carbonyl (C=O) groups excluding carboxylic acids is 16. The number of thioether (sulfide) groups is 1. The number of hydrogen-bond acceptors (Lipinski definition) is 25. The molecule has 0 bridgehead atoms. The van der Waals surface area contributed by atoms with Gasteiger partial charge in [-0.1, -0.05) is 94.6 Å². The predicted octanol–water partition coefficient (Wildman–Crippen LogP) is -1.75. The van der Waals surface area contributed by atoms with E-state index >= 15 is 38.4 Å². The van der Waals surface area contributed by atoms with Gasteiger partial charge in [0.2, 0.25) is 88.6 Å². The van der Waals surface area contributed by atoms with Crippen LogP contribution >= 0.6 is 11.8 Å². The number of phenols is 1. The summed E-state index contributed by atoms with van der Waals surface area (Å²) in [6, 6.07) is -3.79. The molecular weight excluding hydrogens is 1780 g/mol. The first kappa shape index (κ1) is 105. The molecule has 43 nitrogen and oxygen atoms in total. The van der Waals surface area contributed by atoms with E-state index in [0.29, 0.717) is 57.8 Å². The van der Waals surface area contributed by atoms with Crippen LogP contribution in [0.3, 0.4) is 0 Å². The van der Waals surface area contributed by atoms with Gasteiger partial charge < -0.3 is 128 Å². The molecule has 3 fully saturated rings. The van der Waals surface area contributed by atoms with E-state index in [4.69, 9.17) is 5.73 Å². The van der Waals surface area contributed by atoms with E-state index in [9.17, 15) is 78.9 Å². The van der Waals surface area contributed by atoms with Gasteiger partial charge in [-0.3, -0.25) is 81.5 Å². The lowest BCUT2D eigenvalue weighted by atomic mass is 10.00. The number of aromatic amines is 2. The third-order valence-electron chi connectivity index (χ3n) is 24.3. The highest BCUT2D eigenvalue weighted by Gasteiger charge is 2.47. The fraction of sp³-hybridized carbons (Fsp3) is 0.516. The van der Waals surface area contributed by atoms with Crippen molar-refractivity contribution in [2.45, 2.75) is 247 Å².